The van der Waals surface area contributed by atoms with Crippen LogP contribution < -0.4 is 0 Å². The summed E-state index contributed by atoms with van der Waals surface area (Å²) in [5, 5.41) is 16.4. The van der Waals surface area contributed by atoms with Gasteiger partial charge < -0.3 is 13.8 Å². The van der Waals surface area contributed by atoms with Crippen LogP contribution in [0.4, 0.5) is 0 Å². The molecule has 0 amide bonds. The zero-order valence-corrected chi connectivity index (χ0v) is 26.0. The number of hydrogen-bond acceptors (Lipinski definition) is 3. The molecule has 6 nitrogen and oxygen atoms in total. The molecule has 211 valence electrons. The van der Waals surface area contributed by atoms with E-state index in [1.807, 2.05) is 0 Å². The predicted molar refractivity (Wildman–Crippen MR) is 158 cm³/mol. The van der Waals surface area contributed by atoms with E-state index in [0.717, 1.165) is 0 Å². The molecule has 0 spiro atoms. The molecule has 3 fully saturated rings. The first-order valence-corrected chi connectivity index (χ1v) is 16.0. The smallest absolute Gasteiger partial charge is 0.260 e. The van der Waals surface area contributed by atoms with Crippen molar-refractivity contribution in [1.82, 2.24) is 29.1 Å². The largest absolute Gasteiger partial charge is 0.424 e. The molecule has 7 heteroatoms. The second-order valence-corrected chi connectivity index (χ2v) is 17.0. The summed E-state index contributed by atoms with van der Waals surface area (Å²) < 4.78 is 6.68. The van der Waals surface area contributed by atoms with Gasteiger partial charge in [0.25, 0.3) is 7.12 Å². The van der Waals surface area contributed by atoms with Crippen molar-refractivity contribution in [3.05, 3.63) is 52.4 Å². The summed E-state index contributed by atoms with van der Waals surface area (Å²) in [6.07, 6.45) is 14.6. The van der Waals surface area contributed by atoms with Gasteiger partial charge in [-0.1, -0.05) is 62.3 Å². The Hall–Kier alpha value is -2.31. The highest BCUT2D eigenvalue weighted by atomic mass is 15.5. The Labute approximate surface area is 239 Å². The minimum absolute atomic E-state index is 0.133. The molecule has 3 aromatic rings. The highest BCUT2D eigenvalue weighted by Crippen LogP contribution is 2.69. The van der Waals surface area contributed by atoms with Crippen LogP contribution in [0.5, 0.6) is 0 Å². The van der Waals surface area contributed by atoms with Gasteiger partial charge in [0, 0.05) is 16.2 Å². The summed E-state index contributed by atoms with van der Waals surface area (Å²) in [5.41, 5.74) is 9.53. The van der Waals surface area contributed by atoms with E-state index in [1.54, 1.807) is 0 Å². The van der Waals surface area contributed by atoms with Gasteiger partial charge in [-0.15, -0.1) is 0 Å². The molecule has 9 rings (SSSR count). The van der Waals surface area contributed by atoms with E-state index in [9.17, 15) is 0 Å². The van der Waals surface area contributed by atoms with E-state index in [4.69, 9.17) is 15.3 Å². The van der Waals surface area contributed by atoms with E-state index in [2.05, 4.69) is 94.7 Å². The van der Waals surface area contributed by atoms with Gasteiger partial charge in [0.05, 0.1) is 17.1 Å². The molecule has 6 aliphatic rings. The van der Waals surface area contributed by atoms with Gasteiger partial charge >= 0.3 is 0 Å². The van der Waals surface area contributed by atoms with E-state index in [-0.39, 0.29) is 39.6 Å². The van der Waals surface area contributed by atoms with E-state index >= 15 is 0 Å². The molecule has 6 bridgehead atoms. The van der Waals surface area contributed by atoms with Crippen LogP contribution in [-0.2, 0) is 16.2 Å². The van der Waals surface area contributed by atoms with Gasteiger partial charge in [0.15, 0.2) is 0 Å². The van der Waals surface area contributed by atoms with Gasteiger partial charge in [-0.3, -0.25) is 0 Å². The summed E-state index contributed by atoms with van der Waals surface area (Å²) >= 11 is 0. The number of nitrogens with zero attached hydrogens (tertiary/aromatic N) is 6. The van der Waals surface area contributed by atoms with Crippen LogP contribution in [0.3, 0.4) is 0 Å². The van der Waals surface area contributed by atoms with Crippen LogP contribution in [0, 0.1) is 16.2 Å². The molecule has 3 saturated carbocycles. The van der Waals surface area contributed by atoms with Crippen molar-refractivity contribution in [2.45, 2.75) is 135 Å². The molecule has 3 heterocycles. The highest BCUT2D eigenvalue weighted by molar-refractivity contribution is 6.52. The van der Waals surface area contributed by atoms with E-state index < -0.39 is 0 Å². The van der Waals surface area contributed by atoms with Gasteiger partial charge in [-0.2, -0.15) is 0 Å². The van der Waals surface area contributed by atoms with Crippen molar-refractivity contribution in [2.24, 2.45) is 16.2 Å². The Balaban J connectivity index is 1.22. The molecule has 0 aromatic carbocycles. The molecule has 0 N–H and O–H groups in total. The maximum Gasteiger partial charge on any atom is 0.260 e. The Morgan fingerprint density at radius 3 is 1.05 bits per heavy atom. The molecule has 6 aliphatic carbocycles. The Morgan fingerprint density at radius 1 is 0.525 bits per heavy atom. The molecule has 0 unspecified atom stereocenters. The van der Waals surface area contributed by atoms with E-state index in [0.29, 0.717) is 17.8 Å². The zero-order chi connectivity index (χ0) is 28.0. The second kappa shape index (κ2) is 6.52. The first-order valence-electron chi connectivity index (χ1n) is 16.0. The summed E-state index contributed by atoms with van der Waals surface area (Å²) in [7, 11) is -0.217. The van der Waals surface area contributed by atoms with E-state index in [1.165, 1.54) is 72.3 Å². The van der Waals surface area contributed by atoms with Crippen molar-refractivity contribution < 1.29 is 0 Å². The molecule has 0 saturated heterocycles. The molecule has 6 atom stereocenters. The average molecular weight is 537 g/mol. The fraction of sp³-hybridized carbons (Fsp3) is 0.727. The third kappa shape index (κ3) is 2.23. The van der Waals surface area contributed by atoms with Crippen LogP contribution >= 0.6 is 0 Å². The molecule has 1 radical (unpaired) electrons. The van der Waals surface area contributed by atoms with Gasteiger partial charge in [0.2, 0.25) is 0 Å². The Kier molecular flexibility index (Phi) is 3.96. The summed E-state index contributed by atoms with van der Waals surface area (Å²) in [6.45, 7) is 22.1. The van der Waals surface area contributed by atoms with Crippen molar-refractivity contribution in [3.8, 4) is 0 Å². The summed E-state index contributed by atoms with van der Waals surface area (Å²) in [5.74, 6) is 1.75. The van der Waals surface area contributed by atoms with Gasteiger partial charge in [0.1, 0.15) is 0 Å². The Bertz CT molecular complexity index is 1440. The normalized spacial score (nSPS) is 39.9. The van der Waals surface area contributed by atoms with Crippen LogP contribution in [0.15, 0.2) is 18.6 Å². The number of fused-ring (bicyclic) bond motifs is 15. The second-order valence-electron chi connectivity index (χ2n) is 17.0. The molecule has 40 heavy (non-hydrogen) atoms. The van der Waals surface area contributed by atoms with Crippen molar-refractivity contribution in [1.29, 1.82) is 0 Å². The number of rotatable bonds is 3. The highest BCUT2D eigenvalue weighted by Gasteiger charge is 2.63. The zero-order valence-electron chi connectivity index (χ0n) is 26.0. The maximum atomic E-state index is 5.45. The van der Waals surface area contributed by atoms with Gasteiger partial charge in [-0.25, -0.2) is 15.3 Å². The fourth-order valence-electron chi connectivity index (χ4n) is 11.4. The first-order chi connectivity index (χ1) is 18.7. The van der Waals surface area contributed by atoms with Crippen LogP contribution in [0.1, 0.15) is 152 Å². The third-order valence-corrected chi connectivity index (χ3v) is 15.4. The van der Waals surface area contributed by atoms with Gasteiger partial charge in [-0.05, 0) is 108 Å². The van der Waals surface area contributed by atoms with Crippen LogP contribution in [-0.4, -0.2) is 36.2 Å². The third-order valence-electron chi connectivity index (χ3n) is 15.4. The quantitative estimate of drug-likeness (QED) is 0.349. The van der Waals surface area contributed by atoms with Crippen LogP contribution in [0.25, 0.3) is 0 Å². The average Bonchev–Trinajstić information content (AvgIpc) is 3.72. The number of aromatic nitrogens is 6. The van der Waals surface area contributed by atoms with Crippen molar-refractivity contribution >= 4 is 7.12 Å². The molecular formula is C33H45BN6-. The minimum atomic E-state index is -0.217. The SMILES string of the molecule is CC1(C)[C@H]2CC[C@]1(C)c1nn([B-](n3cc4c(n3)[C@@]3(C)CC[C@@H]4C3(C)C)n3cc4c(n3)[C@@]3(C)CC[C@@H]4C3(C)C)cc12. The van der Waals surface area contributed by atoms with Crippen LogP contribution in [0.2, 0.25) is 0 Å². The lowest BCUT2D eigenvalue weighted by Crippen LogP contribution is -2.45. The topological polar surface area (TPSA) is 53.5 Å². The molecule has 3 aromatic heterocycles. The lowest BCUT2D eigenvalue weighted by atomic mass is 9.70. The van der Waals surface area contributed by atoms with Crippen molar-refractivity contribution in [3.63, 3.8) is 0 Å². The fourth-order valence-corrected chi connectivity index (χ4v) is 11.4. The van der Waals surface area contributed by atoms with Crippen molar-refractivity contribution in [2.75, 3.05) is 0 Å². The first kappa shape index (κ1) is 24.3. The Morgan fingerprint density at radius 2 is 0.800 bits per heavy atom. The lowest BCUT2D eigenvalue weighted by Gasteiger charge is -2.38. The summed E-state index contributed by atoms with van der Waals surface area (Å²) in [6, 6.07) is 0. The number of hydrogen-bond donors (Lipinski definition) is 0. The molecular weight excluding hydrogens is 491 g/mol. The standard InChI is InChI=1S/C33H45BN6/c1-28(2)22-10-13-31(28,7)25-19(22)16-38(35-25)34(39-17-20-23-11-14-32(8,26(20)36-39)29(23,3)4)40-18-21-24-12-15-33(9,27(21)37-40)30(24,5)6/h16-18,22-24H,10-15H2,1-9H3/q-1/t22-,23-,24-,31+,32+,33+/m0/s1. The molecule has 0 aliphatic heterocycles. The monoisotopic (exact) mass is 536 g/mol. The maximum absolute atomic E-state index is 5.45. The predicted octanol–water partition coefficient (Wildman–Crippen LogP) is 6.73. The summed E-state index contributed by atoms with van der Waals surface area (Å²) in [4.78, 5) is 0. The minimum Gasteiger partial charge on any atom is -0.424 e. The lowest BCUT2D eigenvalue weighted by molar-refractivity contribution is 0.223.